The number of hydrogen-bond donors (Lipinski definition) is 0. The van der Waals surface area contributed by atoms with Gasteiger partial charge in [0.25, 0.3) is 0 Å². The van der Waals surface area contributed by atoms with Crippen molar-refractivity contribution in [1.82, 2.24) is 0 Å². The average Bonchev–Trinajstić information content (AvgIpc) is 3.64. The number of hydrogen-bond acceptors (Lipinski definition) is 5. The van der Waals surface area contributed by atoms with Gasteiger partial charge >= 0.3 is 0 Å². The first kappa shape index (κ1) is 18.5. The Balaban J connectivity index is 1.24. The molecule has 0 spiro atoms. The van der Waals surface area contributed by atoms with Crippen molar-refractivity contribution in [3.8, 4) is 11.5 Å². The molecule has 144 valence electrons. The molecule has 2 unspecified atom stereocenters. The van der Waals surface area contributed by atoms with Gasteiger partial charge in [0.15, 0.2) is 5.78 Å². The molecule has 28 heavy (non-hydrogen) atoms. The van der Waals surface area contributed by atoms with Gasteiger partial charge < -0.3 is 18.9 Å². The van der Waals surface area contributed by atoms with E-state index in [9.17, 15) is 4.79 Å². The third-order valence-corrected chi connectivity index (χ3v) is 4.32. The molecule has 0 saturated carbocycles. The predicted molar refractivity (Wildman–Crippen MR) is 106 cm³/mol. The summed E-state index contributed by atoms with van der Waals surface area (Å²) >= 11 is 0. The van der Waals surface area contributed by atoms with E-state index in [1.807, 2.05) is 48.5 Å². The SMILES string of the molecule is O=C(/C=C/c1ccc(OCC2CO2)cc1)/C=C/c1ccc(OCC2CO2)cc1. The highest BCUT2D eigenvalue weighted by molar-refractivity contribution is 6.04. The molecule has 0 amide bonds. The minimum atomic E-state index is -0.0718. The Morgan fingerprint density at radius 3 is 1.54 bits per heavy atom. The standard InChI is InChI=1S/C23H22O5/c24-19(7-1-17-3-9-20(10-4-17)25-13-22-15-27-22)8-2-18-5-11-21(12-6-18)26-14-23-16-28-23/h1-12,22-23H,13-16H2/b7-1+,8-2+. The Morgan fingerprint density at radius 1 is 0.786 bits per heavy atom. The Morgan fingerprint density at radius 2 is 1.18 bits per heavy atom. The lowest BCUT2D eigenvalue weighted by molar-refractivity contribution is -0.110. The van der Waals surface area contributed by atoms with Crippen LogP contribution in [0.2, 0.25) is 0 Å². The van der Waals surface area contributed by atoms with E-state index in [2.05, 4.69) is 0 Å². The van der Waals surface area contributed by atoms with Gasteiger partial charge in [-0.2, -0.15) is 0 Å². The zero-order valence-electron chi connectivity index (χ0n) is 15.5. The molecule has 2 heterocycles. The van der Waals surface area contributed by atoms with Crippen LogP contribution >= 0.6 is 0 Å². The van der Waals surface area contributed by atoms with Crippen LogP contribution in [-0.2, 0) is 14.3 Å². The molecule has 0 N–H and O–H groups in total. The lowest BCUT2D eigenvalue weighted by Crippen LogP contribution is -2.03. The second kappa shape index (κ2) is 8.87. The minimum absolute atomic E-state index is 0.0718. The molecule has 0 bridgehead atoms. The van der Waals surface area contributed by atoms with Crippen molar-refractivity contribution >= 4 is 17.9 Å². The van der Waals surface area contributed by atoms with Crippen LogP contribution in [0.5, 0.6) is 11.5 Å². The van der Waals surface area contributed by atoms with Gasteiger partial charge in [-0.15, -0.1) is 0 Å². The van der Waals surface area contributed by atoms with Crippen LogP contribution < -0.4 is 9.47 Å². The van der Waals surface area contributed by atoms with Crippen molar-refractivity contribution in [2.45, 2.75) is 12.2 Å². The highest BCUT2D eigenvalue weighted by Gasteiger charge is 2.23. The first-order valence-electron chi connectivity index (χ1n) is 9.34. The third kappa shape index (κ3) is 6.08. The normalized spacial score (nSPS) is 20.4. The molecule has 5 heteroatoms. The van der Waals surface area contributed by atoms with E-state index in [-0.39, 0.29) is 18.0 Å². The number of ketones is 1. The van der Waals surface area contributed by atoms with Gasteiger partial charge in [-0.25, -0.2) is 0 Å². The Labute approximate surface area is 164 Å². The Bertz CT molecular complexity index is 772. The molecule has 2 fully saturated rings. The van der Waals surface area contributed by atoms with Gasteiger partial charge in [0.05, 0.1) is 13.2 Å². The molecule has 0 aliphatic carbocycles. The van der Waals surface area contributed by atoms with Crippen LogP contribution in [0, 0.1) is 0 Å². The van der Waals surface area contributed by atoms with E-state index >= 15 is 0 Å². The number of allylic oxidation sites excluding steroid dienone is 2. The molecular weight excluding hydrogens is 356 g/mol. The number of rotatable bonds is 10. The maximum absolute atomic E-state index is 12.0. The third-order valence-electron chi connectivity index (χ3n) is 4.32. The number of benzene rings is 2. The fourth-order valence-corrected chi connectivity index (χ4v) is 2.47. The van der Waals surface area contributed by atoms with Crippen molar-refractivity contribution in [1.29, 1.82) is 0 Å². The maximum atomic E-state index is 12.0. The van der Waals surface area contributed by atoms with Gasteiger partial charge in [-0.1, -0.05) is 36.4 Å². The topological polar surface area (TPSA) is 60.6 Å². The molecule has 5 nitrogen and oxygen atoms in total. The fourth-order valence-electron chi connectivity index (χ4n) is 2.47. The highest BCUT2D eigenvalue weighted by Crippen LogP contribution is 2.17. The smallest absolute Gasteiger partial charge is 0.178 e. The number of epoxide rings is 2. The summed E-state index contributed by atoms with van der Waals surface area (Å²) in [4.78, 5) is 12.0. The van der Waals surface area contributed by atoms with Gasteiger partial charge in [-0.3, -0.25) is 4.79 Å². The molecule has 2 aromatic carbocycles. The summed E-state index contributed by atoms with van der Waals surface area (Å²) in [6.07, 6.45) is 7.17. The van der Waals surface area contributed by atoms with E-state index in [4.69, 9.17) is 18.9 Å². The van der Waals surface area contributed by atoms with Crippen LogP contribution in [0.25, 0.3) is 12.2 Å². The average molecular weight is 378 g/mol. The number of carbonyl (C=O) groups excluding carboxylic acids is 1. The summed E-state index contributed by atoms with van der Waals surface area (Å²) in [5.41, 5.74) is 1.89. The molecule has 2 atom stereocenters. The number of ether oxygens (including phenoxy) is 4. The van der Waals surface area contributed by atoms with Gasteiger partial charge in [0.1, 0.15) is 36.9 Å². The van der Waals surface area contributed by atoms with E-state index < -0.39 is 0 Å². The number of carbonyl (C=O) groups is 1. The van der Waals surface area contributed by atoms with Crippen molar-refractivity contribution in [2.75, 3.05) is 26.4 Å². The first-order chi connectivity index (χ1) is 13.7. The molecule has 0 radical (unpaired) electrons. The monoisotopic (exact) mass is 378 g/mol. The van der Waals surface area contributed by atoms with E-state index in [0.717, 1.165) is 35.8 Å². The molecule has 2 aliphatic heterocycles. The Kier molecular flexibility index (Phi) is 5.85. The van der Waals surface area contributed by atoms with Crippen molar-refractivity contribution in [3.05, 3.63) is 71.8 Å². The summed E-state index contributed by atoms with van der Waals surface area (Å²) < 4.78 is 21.4. The second-order valence-corrected chi connectivity index (χ2v) is 6.74. The lowest BCUT2D eigenvalue weighted by atomic mass is 10.1. The molecule has 4 rings (SSSR count). The van der Waals surface area contributed by atoms with Crippen LogP contribution in [0.4, 0.5) is 0 Å². The van der Waals surface area contributed by atoms with E-state index in [1.54, 1.807) is 24.3 Å². The molecule has 2 aliphatic rings. The van der Waals surface area contributed by atoms with Crippen molar-refractivity contribution in [2.24, 2.45) is 0 Å². The first-order valence-corrected chi connectivity index (χ1v) is 9.34. The summed E-state index contributed by atoms with van der Waals surface area (Å²) in [5, 5.41) is 0. The largest absolute Gasteiger partial charge is 0.491 e. The van der Waals surface area contributed by atoms with Crippen LogP contribution in [0.3, 0.4) is 0 Å². The highest BCUT2D eigenvalue weighted by atomic mass is 16.6. The van der Waals surface area contributed by atoms with Crippen LogP contribution in [0.1, 0.15) is 11.1 Å². The summed E-state index contributed by atoms with van der Waals surface area (Å²) in [7, 11) is 0. The van der Waals surface area contributed by atoms with Gasteiger partial charge in [-0.05, 0) is 47.5 Å². The van der Waals surface area contributed by atoms with Gasteiger partial charge in [0, 0.05) is 0 Å². The van der Waals surface area contributed by atoms with Crippen LogP contribution in [-0.4, -0.2) is 44.4 Å². The summed E-state index contributed by atoms with van der Waals surface area (Å²) in [6.45, 7) is 2.73. The summed E-state index contributed by atoms with van der Waals surface area (Å²) in [6, 6.07) is 15.2. The molecule has 2 aromatic rings. The fraction of sp³-hybridized carbons (Fsp3) is 0.261. The lowest BCUT2D eigenvalue weighted by Gasteiger charge is -2.04. The van der Waals surface area contributed by atoms with Crippen molar-refractivity contribution in [3.63, 3.8) is 0 Å². The van der Waals surface area contributed by atoms with Gasteiger partial charge in [0.2, 0.25) is 0 Å². The second-order valence-electron chi connectivity index (χ2n) is 6.74. The molecule has 0 aromatic heterocycles. The van der Waals surface area contributed by atoms with Crippen molar-refractivity contribution < 1.29 is 23.7 Å². The quantitative estimate of drug-likeness (QED) is 0.467. The summed E-state index contributed by atoms with van der Waals surface area (Å²) in [5.74, 6) is 1.53. The predicted octanol–water partition coefficient (Wildman–Crippen LogP) is 3.54. The Hall–Kier alpha value is -2.89. The maximum Gasteiger partial charge on any atom is 0.178 e. The minimum Gasteiger partial charge on any atom is -0.491 e. The zero-order valence-corrected chi connectivity index (χ0v) is 15.5. The van der Waals surface area contributed by atoms with Crippen LogP contribution in [0.15, 0.2) is 60.7 Å². The molecule has 2 saturated heterocycles. The van der Waals surface area contributed by atoms with E-state index in [0.29, 0.717) is 13.2 Å². The zero-order chi connectivity index (χ0) is 19.2. The van der Waals surface area contributed by atoms with E-state index in [1.165, 1.54) is 0 Å². The molecular formula is C23H22O5.